The molecule has 3 aromatic rings. The molecule has 0 saturated carbocycles. The van der Waals surface area contributed by atoms with Crippen molar-refractivity contribution in [1.82, 2.24) is 0 Å². The molecule has 28 heavy (non-hydrogen) atoms. The van der Waals surface area contributed by atoms with Gasteiger partial charge in [0.15, 0.2) is 0 Å². The highest BCUT2D eigenvalue weighted by atomic mass is 32.2. The summed E-state index contributed by atoms with van der Waals surface area (Å²) >= 11 is 0. The molecular formula is C21H22FN3O2S. The number of sulfonamides is 1. The molecule has 0 spiro atoms. The van der Waals surface area contributed by atoms with E-state index >= 15 is 0 Å². The number of hydrogen-bond donors (Lipinski definition) is 2. The Morgan fingerprint density at radius 1 is 0.821 bits per heavy atom. The molecule has 0 aliphatic rings. The first-order valence-electron chi connectivity index (χ1n) is 8.68. The van der Waals surface area contributed by atoms with Crippen LogP contribution in [0.2, 0.25) is 0 Å². The maximum Gasteiger partial charge on any atom is 0.261 e. The predicted molar refractivity (Wildman–Crippen MR) is 112 cm³/mol. The summed E-state index contributed by atoms with van der Waals surface area (Å²) in [4.78, 5) is 2.04. The van der Waals surface area contributed by atoms with E-state index in [1.807, 2.05) is 43.3 Å². The van der Waals surface area contributed by atoms with Gasteiger partial charge in [-0.2, -0.15) is 0 Å². The van der Waals surface area contributed by atoms with Gasteiger partial charge in [0.1, 0.15) is 5.82 Å². The van der Waals surface area contributed by atoms with Crippen LogP contribution in [-0.4, -0.2) is 22.5 Å². The molecule has 5 nitrogen and oxygen atoms in total. The van der Waals surface area contributed by atoms with E-state index in [2.05, 4.69) is 10.0 Å². The number of halogens is 1. The van der Waals surface area contributed by atoms with Gasteiger partial charge in [0, 0.05) is 36.8 Å². The van der Waals surface area contributed by atoms with Gasteiger partial charge in [0.25, 0.3) is 10.0 Å². The number of nitrogens with one attached hydrogen (secondary N) is 2. The number of aryl methyl sites for hydroxylation is 1. The highest BCUT2D eigenvalue weighted by molar-refractivity contribution is 7.92. The molecule has 0 atom stereocenters. The van der Waals surface area contributed by atoms with Gasteiger partial charge < -0.3 is 10.2 Å². The van der Waals surface area contributed by atoms with Crippen molar-refractivity contribution in [3.63, 3.8) is 0 Å². The lowest BCUT2D eigenvalue weighted by Crippen LogP contribution is -2.13. The van der Waals surface area contributed by atoms with Crippen LogP contribution in [0.1, 0.15) is 5.56 Å². The number of nitrogens with zero attached hydrogens (tertiary/aromatic N) is 1. The summed E-state index contributed by atoms with van der Waals surface area (Å²) in [5.74, 6) is -0.437. The first-order chi connectivity index (χ1) is 13.2. The van der Waals surface area contributed by atoms with Gasteiger partial charge in [-0.05, 0) is 79.2 Å². The van der Waals surface area contributed by atoms with Gasteiger partial charge in [-0.15, -0.1) is 0 Å². The van der Waals surface area contributed by atoms with Crippen molar-refractivity contribution in [3.05, 3.63) is 78.1 Å². The fourth-order valence-electron chi connectivity index (χ4n) is 2.63. The predicted octanol–water partition coefficient (Wildman–Crippen LogP) is 4.74. The molecule has 3 rings (SSSR count). The third kappa shape index (κ3) is 4.61. The molecule has 0 saturated heterocycles. The molecule has 7 heteroatoms. The van der Waals surface area contributed by atoms with Crippen LogP contribution >= 0.6 is 0 Å². The molecule has 0 heterocycles. The van der Waals surface area contributed by atoms with Crippen molar-refractivity contribution >= 4 is 32.8 Å². The van der Waals surface area contributed by atoms with Crippen LogP contribution in [-0.2, 0) is 10.0 Å². The number of rotatable bonds is 6. The maximum absolute atomic E-state index is 13.4. The zero-order chi connectivity index (χ0) is 20.3. The van der Waals surface area contributed by atoms with Gasteiger partial charge in [-0.1, -0.05) is 0 Å². The third-order valence-corrected chi connectivity index (χ3v) is 5.63. The first kappa shape index (κ1) is 19.7. The molecule has 0 fully saturated rings. The average molecular weight is 399 g/mol. The summed E-state index contributed by atoms with van der Waals surface area (Å²) in [6, 6.07) is 18.6. The van der Waals surface area contributed by atoms with Crippen LogP contribution in [0.4, 0.5) is 27.1 Å². The van der Waals surface area contributed by atoms with E-state index in [4.69, 9.17) is 0 Å². The van der Waals surface area contributed by atoms with Crippen LogP contribution in [0.15, 0.2) is 71.6 Å². The van der Waals surface area contributed by atoms with E-state index in [0.717, 1.165) is 23.1 Å². The minimum absolute atomic E-state index is 0.0228. The quantitative estimate of drug-likeness (QED) is 0.628. The lowest BCUT2D eigenvalue weighted by molar-refractivity contribution is 0.598. The van der Waals surface area contributed by atoms with E-state index in [9.17, 15) is 12.8 Å². The van der Waals surface area contributed by atoms with E-state index in [0.29, 0.717) is 5.69 Å². The lowest BCUT2D eigenvalue weighted by atomic mass is 10.2. The van der Waals surface area contributed by atoms with Crippen LogP contribution in [0.5, 0.6) is 0 Å². The highest BCUT2D eigenvalue weighted by Crippen LogP contribution is 2.23. The standard InChI is InChI=1S/C21H22FN3O2S/c1-15-14-20(12-13-21(15)22)28(26,27)24-18-6-4-16(5-7-18)23-17-8-10-19(11-9-17)25(2)3/h4-14,23-24H,1-3H3. The Morgan fingerprint density at radius 3 is 1.89 bits per heavy atom. The first-order valence-corrected chi connectivity index (χ1v) is 10.2. The minimum atomic E-state index is -3.78. The van der Waals surface area contributed by atoms with E-state index in [-0.39, 0.29) is 10.5 Å². The normalized spacial score (nSPS) is 11.1. The molecule has 2 N–H and O–H groups in total. The van der Waals surface area contributed by atoms with Crippen molar-refractivity contribution in [2.24, 2.45) is 0 Å². The number of benzene rings is 3. The number of anilines is 4. The largest absolute Gasteiger partial charge is 0.378 e. The van der Waals surface area contributed by atoms with Crippen molar-refractivity contribution in [2.75, 3.05) is 29.0 Å². The summed E-state index contributed by atoms with van der Waals surface area (Å²) in [5, 5.41) is 3.27. The van der Waals surface area contributed by atoms with Crippen LogP contribution in [0, 0.1) is 12.7 Å². The maximum atomic E-state index is 13.4. The SMILES string of the molecule is Cc1cc(S(=O)(=O)Nc2ccc(Nc3ccc(N(C)C)cc3)cc2)ccc1F. The fraction of sp³-hybridized carbons (Fsp3) is 0.143. The zero-order valence-corrected chi connectivity index (χ0v) is 16.7. The van der Waals surface area contributed by atoms with Gasteiger partial charge in [0.05, 0.1) is 4.90 Å². The second-order valence-corrected chi connectivity index (χ2v) is 8.34. The molecule has 0 aliphatic carbocycles. The Hall–Kier alpha value is -3.06. The van der Waals surface area contributed by atoms with Crippen molar-refractivity contribution in [2.45, 2.75) is 11.8 Å². The van der Waals surface area contributed by atoms with E-state index < -0.39 is 15.8 Å². The van der Waals surface area contributed by atoms with Crippen LogP contribution in [0.25, 0.3) is 0 Å². The average Bonchev–Trinajstić information content (AvgIpc) is 2.65. The minimum Gasteiger partial charge on any atom is -0.378 e. The molecular weight excluding hydrogens is 377 g/mol. The van der Waals surface area contributed by atoms with Gasteiger partial charge in [-0.25, -0.2) is 12.8 Å². The molecule has 0 aliphatic heterocycles. The smallest absolute Gasteiger partial charge is 0.261 e. The molecule has 0 aromatic heterocycles. The zero-order valence-electron chi connectivity index (χ0n) is 15.9. The Labute approximate surface area is 164 Å². The Morgan fingerprint density at radius 2 is 1.36 bits per heavy atom. The van der Waals surface area contributed by atoms with Gasteiger partial charge in [0.2, 0.25) is 0 Å². The van der Waals surface area contributed by atoms with Crippen molar-refractivity contribution in [1.29, 1.82) is 0 Å². The Kier molecular flexibility index (Phi) is 5.56. The molecule has 3 aromatic carbocycles. The fourth-order valence-corrected chi connectivity index (χ4v) is 3.77. The second kappa shape index (κ2) is 7.90. The molecule has 0 unspecified atom stereocenters. The third-order valence-electron chi connectivity index (χ3n) is 4.25. The van der Waals surface area contributed by atoms with Crippen LogP contribution < -0.4 is 14.9 Å². The van der Waals surface area contributed by atoms with E-state index in [1.54, 1.807) is 24.3 Å². The highest BCUT2D eigenvalue weighted by Gasteiger charge is 2.15. The molecule has 0 amide bonds. The van der Waals surface area contributed by atoms with Crippen molar-refractivity contribution in [3.8, 4) is 0 Å². The lowest BCUT2D eigenvalue weighted by Gasteiger charge is -2.14. The van der Waals surface area contributed by atoms with Crippen molar-refractivity contribution < 1.29 is 12.8 Å². The summed E-state index contributed by atoms with van der Waals surface area (Å²) in [6.45, 7) is 1.53. The Bertz CT molecular complexity index is 1060. The molecule has 0 bridgehead atoms. The molecule has 146 valence electrons. The van der Waals surface area contributed by atoms with Gasteiger partial charge in [-0.3, -0.25) is 4.72 Å². The van der Waals surface area contributed by atoms with Crippen LogP contribution in [0.3, 0.4) is 0 Å². The molecule has 0 radical (unpaired) electrons. The summed E-state index contributed by atoms with van der Waals surface area (Å²) in [6.07, 6.45) is 0. The van der Waals surface area contributed by atoms with Gasteiger partial charge >= 0.3 is 0 Å². The second-order valence-electron chi connectivity index (χ2n) is 6.66. The monoisotopic (exact) mass is 399 g/mol. The summed E-state index contributed by atoms with van der Waals surface area (Å²) in [7, 11) is 0.184. The summed E-state index contributed by atoms with van der Waals surface area (Å²) in [5.41, 5.74) is 3.57. The Balaban J connectivity index is 1.70. The topological polar surface area (TPSA) is 61.4 Å². The number of hydrogen-bond acceptors (Lipinski definition) is 4. The summed E-state index contributed by atoms with van der Waals surface area (Å²) < 4.78 is 40.8. The van der Waals surface area contributed by atoms with E-state index in [1.165, 1.54) is 19.1 Å².